The predicted octanol–water partition coefficient (Wildman–Crippen LogP) is 1.72. The molecule has 2 N–H and O–H groups in total. The number of anilines is 1. The molecule has 0 bridgehead atoms. The van der Waals surface area contributed by atoms with Gasteiger partial charge < -0.3 is 10.5 Å². The van der Waals surface area contributed by atoms with Gasteiger partial charge in [-0.05, 0) is 24.1 Å². The second-order valence-corrected chi connectivity index (χ2v) is 7.06. The van der Waals surface area contributed by atoms with Gasteiger partial charge in [0.05, 0.1) is 17.6 Å². The maximum Gasteiger partial charge on any atom is 0.339 e. The highest BCUT2D eigenvalue weighted by Crippen LogP contribution is 2.23. The lowest BCUT2D eigenvalue weighted by molar-refractivity contribution is 0.0596. The Kier molecular flexibility index (Phi) is 5.74. The third-order valence-electron chi connectivity index (χ3n) is 3.36. The Balaban J connectivity index is 3.28. The lowest BCUT2D eigenvalue weighted by Crippen LogP contribution is -2.32. The van der Waals surface area contributed by atoms with E-state index in [-0.39, 0.29) is 16.4 Å². The number of esters is 1. The van der Waals surface area contributed by atoms with Crippen LogP contribution in [-0.4, -0.2) is 39.4 Å². The highest BCUT2D eigenvalue weighted by Gasteiger charge is 2.27. The van der Waals surface area contributed by atoms with Crippen molar-refractivity contribution in [3.8, 4) is 0 Å². The number of benzene rings is 1. The molecule has 21 heavy (non-hydrogen) atoms. The lowest BCUT2D eigenvalue weighted by Gasteiger charge is -2.21. The number of sulfonamides is 1. The molecule has 118 valence electrons. The fourth-order valence-electron chi connectivity index (χ4n) is 1.88. The van der Waals surface area contributed by atoms with Crippen molar-refractivity contribution in [2.45, 2.75) is 25.2 Å². The number of nitrogen functional groups attached to an aromatic ring is 1. The molecule has 0 aliphatic carbocycles. The summed E-state index contributed by atoms with van der Waals surface area (Å²) in [6.45, 7) is 4.34. The summed E-state index contributed by atoms with van der Waals surface area (Å²) < 4.78 is 31.1. The molecule has 1 aromatic rings. The number of hydrogen-bond donors (Lipinski definition) is 1. The monoisotopic (exact) mass is 314 g/mol. The summed E-state index contributed by atoms with van der Waals surface area (Å²) >= 11 is 0. The van der Waals surface area contributed by atoms with Crippen LogP contribution in [0.3, 0.4) is 0 Å². The molecule has 0 heterocycles. The maximum atomic E-state index is 12.6. The van der Waals surface area contributed by atoms with Crippen LogP contribution in [0.15, 0.2) is 23.1 Å². The Hall–Kier alpha value is -1.60. The van der Waals surface area contributed by atoms with Crippen molar-refractivity contribution >= 4 is 21.7 Å². The summed E-state index contributed by atoms with van der Waals surface area (Å²) in [5, 5.41) is 0. The zero-order chi connectivity index (χ0) is 16.2. The molecule has 0 saturated heterocycles. The molecule has 0 radical (unpaired) electrons. The summed E-state index contributed by atoms with van der Waals surface area (Å²) in [6, 6.07) is 4.11. The van der Waals surface area contributed by atoms with Crippen LogP contribution in [-0.2, 0) is 14.8 Å². The van der Waals surface area contributed by atoms with E-state index in [0.29, 0.717) is 12.2 Å². The van der Waals surface area contributed by atoms with Gasteiger partial charge in [0, 0.05) is 19.3 Å². The molecule has 1 unspecified atom stereocenters. The van der Waals surface area contributed by atoms with Gasteiger partial charge in [0.2, 0.25) is 10.0 Å². The summed E-state index contributed by atoms with van der Waals surface area (Å²) in [5.74, 6) is -0.502. The average Bonchev–Trinajstić information content (AvgIpc) is 2.45. The van der Waals surface area contributed by atoms with Crippen molar-refractivity contribution in [3.63, 3.8) is 0 Å². The van der Waals surface area contributed by atoms with Crippen molar-refractivity contribution < 1.29 is 17.9 Å². The van der Waals surface area contributed by atoms with Gasteiger partial charge in [0.15, 0.2) is 0 Å². The quantitative estimate of drug-likeness (QED) is 0.638. The van der Waals surface area contributed by atoms with Gasteiger partial charge in [0.1, 0.15) is 0 Å². The fraction of sp³-hybridized carbons (Fsp3) is 0.500. The number of nitrogens with two attached hydrogens (primary N) is 1. The first-order chi connectivity index (χ1) is 9.73. The maximum absolute atomic E-state index is 12.6. The number of nitrogens with zero attached hydrogens (tertiary/aromatic N) is 1. The molecule has 1 aromatic carbocycles. The molecule has 6 nitrogen and oxygen atoms in total. The molecule has 0 spiro atoms. The van der Waals surface area contributed by atoms with Gasteiger partial charge in [0.25, 0.3) is 0 Å². The molecule has 1 atom stereocenters. The van der Waals surface area contributed by atoms with E-state index in [1.165, 1.54) is 36.7 Å². The van der Waals surface area contributed by atoms with Gasteiger partial charge in [-0.15, -0.1) is 0 Å². The smallest absolute Gasteiger partial charge is 0.339 e. The number of ether oxygens (including phenoxy) is 1. The van der Waals surface area contributed by atoms with Gasteiger partial charge in [-0.3, -0.25) is 0 Å². The predicted molar refractivity (Wildman–Crippen MR) is 81.5 cm³/mol. The van der Waals surface area contributed by atoms with E-state index in [2.05, 4.69) is 4.74 Å². The molecule has 0 saturated carbocycles. The van der Waals surface area contributed by atoms with E-state index in [0.717, 1.165) is 6.42 Å². The third-order valence-corrected chi connectivity index (χ3v) is 5.24. The van der Waals surface area contributed by atoms with E-state index in [1.54, 1.807) is 0 Å². The van der Waals surface area contributed by atoms with Crippen LogP contribution < -0.4 is 5.73 Å². The molecule has 0 amide bonds. The van der Waals surface area contributed by atoms with E-state index in [1.807, 2.05) is 13.8 Å². The van der Waals surface area contributed by atoms with E-state index >= 15 is 0 Å². The minimum absolute atomic E-state index is 0.0477. The summed E-state index contributed by atoms with van der Waals surface area (Å²) in [6.07, 6.45) is 0.867. The Morgan fingerprint density at radius 3 is 2.57 bits per heavy atom. The van der Waals surface area contributed by atoms with Crippen LogP contribution in [0.1, 0.15) is 30.6 Å². The summed E-state index contributed by atoms with van der Waals surface area (Å²) in [5.41, 5.74) is 5.88. The normalized spacial score (nSPS) is 13.2. The first-order valence-electron chi connectivity index (χ1n) is 6.68. The van der Waals surface area contributed by atoms with Gasteiger partial charge in [-0.2, -0.15) is 0 Å². The van der Waals surface area contributed by atoms with Gasteiger partial charge in [-0.25, -0.2) is 17.5 Å². The number of methoxy groups -OCH3 is 1. The zero-order valence-electron chi connectivity index (χ0n) is 12.8. The SMILES string of the molecule is CCC(C)CN(C)S(=O)(=O)c1ccc(N)cc1C(=O)OC. The molecule has 0 aromatic heterocycles. The summed E-state index contributed by atoms with van der Waals surface area (Å²) in [4.78, 5) is 11.7. The Morgan fingerprint density at radius 2 is 2.05 bits per heavy atom. The highest BCUT2D eigenvalue weighted by atomic mass is 32.2. The molecular weight excluding hydrogens is 292 g/mol. The zero-order valence-corrected chi connectivity index (χ0v) is 13.6. The van der Waals surface area contributed by atoms with E-state index in [4.69, 9.17) is 5.73 Å². The number of carbonyl (C=O) groups excluding carboxylic acids is 1. The van der Waals surface area contributed by atoms with Crippen LogP contribution in [0.25, 0.3) is 0 Å². The summed E-state index contributed by atoms with van der Waals surface area (Å²) in [7, 11) is -1.07. The molecule has 0 fully saturated rings. The van der Waals surface area contributed by atoms with Gasteiger partial charge in [-0.1, -0.05) is 20.3 Å². The van der Waals surface area contributed by atoms with Crippen molar-refractivity contribution in [1.82, 2.24) is 4.31 Å². The second kappa shape index (κ2) is 6.91. The standard InChI is InChI=1S/C14H22N2O4S/c1-5-10(2)9-16(3)21(18,19)13-7-6-11(15)8-12(13)14(17)20-4/h6-8,10H,5,9,15H2,1-4H3. The largest absolute Gasteiger partial charge is 0.465 e. The molecule has 7 heteroatoms. The number of rotatable bonds is 6. The van der Waals surface area contributed by atoms with Crippen molar-refractivity contribution in [2.24, 2.45) is 5.92 Å². The van der Waals surface area contributed by atoms with Gasteiger partial charge >= 0.3 is 5.97 Å². The Morgan fingerprint density at radius 1 is 1.43 bits per heavy atom. The van der Waals surface area contributed by atoms with Crippen molar-refractivity contribution in [2.75, 3.05) is 26.4 Å². The minimum Gasteiger partial charge on any atom is -0.465 e. The number of carbonyl (C=O) groups is 1. The average molecular weight is 314 g/mol. The second-order valence-electron chi connectivity index (χ2n) is 5.05. The minimum atomic E-state index is -3.77. The highest BCUT2D eigenvalue weighted by molar-refractivity contribution is 7.89. The Bertz CT molecular complexity index is 613. The molecular formula is C14H22N2O4S. The van der Waals surface area contributed by atoms with Crippen molar-refractivity contribution in [3.05, 3.63) is 23.8 Å². The Labute approximate surface area is 125 Å². The fourth-order valence-corrected chi connectivity index (χ4v) is 3.32. The molecule has 0 aliphatic heterocycles. The molecule has 1 rings (SSSR count). The lowest BCUT2D eigenvalue weighted by atomic mass is 10.1. The number of hydrogen-bond acceptors (Lipinski definition) is 5. The molecule has 0 aliphatic rings. The first-order valence-corrected chi connectivity index (χ1v) is 8.12. The van der Waals surface area contributed by atoms with E-state index in [9.17, 15) is 13.2 Å². The van der Waals surface area contributed by atoms with Crippen LogP contribution in [0, 0.1) is 5.92 Å². The van der Waals surface area contributed by atoms with E-state index < -0.39 is 16.0 Å². The first kappa shape index (κ1) is 17.5. The van der Waals surface area contributed by atoms with Crippen LogP contribution in [0.4, 0.5) is 5.69 Å². The third kappa shape index (κ3) is 3.95. The topological polar surface area (TPSA) is 89.7 Å². The van der Waals surface area contributed by atoms with Crippen molar-refractivity contribution in [1.29, 1.82) is 0 Å². The van der Waals surface area contributed by atoms with Crippen LogP contribution >= 0.6 is 0 Å². The van der Waals surface area contributed by atoms with Crippen LogP contribution in [0.5, 0.6) is 0 Å². The van der Waals surface area contributed by atoms with Crippen LogP contribution in [0.2, 0.25) is 0 Å².